The van der Waals surface area contributed by atoms with Crippen LogP contribution < -0.4 is 0 Å². The topological polar surface area (TPSA) is 13.1 Å². The zero-order valence-corrected chi connectivity index (χ0v) is 18.1. The monoisotopic (exact) mass is 410 g/mol. The number of fused-ring (bicyclic) bond motifs is 7. The summed E-state index contributed by atoms with van der Waals surface area (Å²) in [6.45, 7) is 4.62. The highest BCUT2D eigenvalue weighted by Gasteiger charge is 2.36. The Morgan fingerprint density at radius 3 is 2.25 bits per heavy atom. The van der Waals surface area contributed by atoms with Gasteiger partial charge in [0.05, 0.1) is 0 Å². The largest absolute Gasteiger partial charge is 0.455 e. The van der Waals surface area contributed by atoms with E-state index >= 15 is 0 Å². The molecule has 1 nitrogen and oxygen atoms in total. The fraction of sp³-hybridized carbons (Fsp3) is 0.0968. The van der Waals surface area contributed by atoms with Crippen LogP contribution in [-0.2, 0) is 5.41 Å². The fourth-order valence-electron chi connectivity index (χ4n) is 5.58. The molecule has 0 radical (unpaired) electrons. The molecule has 0 bridgehead atoms. The third kappa shape index (κ3) is 2.28. The second-order valence-electron chi connectivity index (χ2n) is 9.41. The minimum atomic E-state index is -0.0275. The Morgan fingerprint density at radius 1 is 0.562 bits per heavy atom. The fourth-order valence-corrected chi connectivity index (χ4v) is 5.58. The van der Waals surface area contributed by atoms with Gasteiger partial charge in [-0.3, -0.25) is 0 Å². The SMILES string of the molecule is CC1(C)c2ccccc2-c2cc3c(cc21)oc1c(-c2ccc4ccccc4c2)cccc13. The lowest BCUT2D eigenvalue weighted by molar-refractivity contribution is 0.648. The molecule has 1 aromatic heterocycles. The molecule has 0 saturated carbocycles. The predicted octanol–water partition coefficient (Wildman–Crippen LogP) is 8.71. The molecule has 0 fully saturated rings. The summed E-state index contributed by atoms with van der Waals surface area (Å²) in [5.74, 6) is 0. The van der Waals surface area contributed by atoms with Crippen LogP contribution in [0, 0.1) is 0 Å². The molecule has 0 unspecified atom stereocenters. The van der Waals surface area contributed by atoms with E-state index in [1.165, 1.54) is 49.4 Å². The normalized spacial score (nSPS) is 14.2. The van der Waals surface area contributed by atoms with E-state index in [1.807, 2.05) is 0 Å². The molecule has 32 heavy (non-hydrogen) atoms. The summed E-state index contributed by atoms with van der Waals surface area (Å²) < 4.78 is 6.57. The van der Waals surface area contributed by atoms with E-state index in [9.17, 15) is 0 Å². The van der Waals surface area contributed by atoms with Crippen molar-refractivity contribution in [1.82, 2.24) is 0 Å². The molecule has 1 heterocycles. The summed E-state index contributed by atoms with van der Waals surface area (Å²) >= 11 is 0. The van der Waals surface area contributed by atoms with Gasteiger partial charge in [0.25, 0.3) is 0 Å². The van der Waals surface area contributed by atoms with Crippen LogP contribution in [0.25, 0.3) is 55.0 Å². The van der Waals surface area contributed by atoms with E-state index in [2.05, 4.69) is 111 Å². The van der Waals surface area contributed by atoms with Crippen LogP contribution in [0.3, 0.4) is 0 Å². The van der Waals surface area contributed by atoms with Gasteiger partial charge in [-0.05, 0) is 56.8 Å². The lowest BCUT2D eigenvalue weighted by atomic mass is 9.82. The molecular formula is C31H22O. The third-order valence-electron chi connectivity index (χ3n) is 7.26. The Hall–Kier alpha value is -3.84. The zero-order valence-electron chi connectivity index (χ0n) is 18.1. The van der Waals surface area contributed by atoms with Gasteiger partial charge in [-0.2, -0.15) is 0 Å². The first kappa shape index (κ1) is 17.8. The first-order valence-corrected chi connectivity index (χ1v) is 11.2. The highest BCUT2D eigenvalue weighted by atomic mass is 16.3. The molecule has 0 saturated heterocycles. The van der Waals surface area contributed by atoms with E-state index in [-0.39, 0.29) is 5.41 Å². The predicted molar refractivity (Wildman–Crippen MR) is 134 cm³/mol. The van der Waals surface area contributed by atoms with Crippen molar-refractivity contribution in [2.24, 2.45) is 0 Å². The van der Waals surface area contributed by atoms with E-state index in [0.717, 1.165) is 16.7 Å². The smallest absolute Gasteiger partial charge is 0.143 e. The summed E-state index contributed by atoms with van der Waals surface area (Å²) in [5, 5.41) is 4.87. The summed E-state index contributed by atoms with van der Waals surface area (Å²) in [4.78, 5) is 0. The molecule has 0 spiro atoms. The first-order chi connectivity index (χ1) is 15.6. The Morgan fingerprint density at radius 2 is 1.34 bits per heavy atom. The van der Waals surface area contributed by atoms with E-state index in [4.69, 9.17) is 4.42 Å². The zero-order chi connectivity index (χ0) is 21.4. The quantitative estimate of drug-likeness (QED) is 0.264. The van der Waals surface area contributed by atoms with Gasteiger partial charge < -0.3 is 4.42 Å². The molecule has 1 heteroatoms. The van der Waals surface area contributed by atoms with E-state index < -0.39 is 0 Å². The Bertz CT molecular complexity index is 1700. The standard InChI is InChI=1S/C31H22O/c1-31(2)27-13-6-5-10-23(27)25-17-26-24-12-7-11-22(30(24)32-29(26)18-28(25)31)21-15-14-19-8-3-4-9-20(19)16-21/h3-18H,1-2H3. The molecular weight excluding hydrogens is 388 g/mol. The van der Waals surface area contributed by atoms with Crippen molar-refractivity contribution in [3.05, 3.63) is 108 Å². The molecule has 0 amide bonds. The van der Waals surface area contributed by atoms with Crippen molar-refractivity contribution >= 4 is 32.7 Å². The van der Waals surface area contributed by atoms with Gasteiger partial charge >= 0.3 is 0 Å². The van der Waals surface area contributed by atoms with Gasteiger partial charge in [0.1, 0.15) is 11.2 Å². The number of benzene rings is 5. The van der Waals surface area contributed by atoms with Crippen molar-refractivity contribution in [3.63, 3.8) is 0 Å². The van der Waals surface area contributed by atoms with Crippen LogP contribution in [0.1, 0.15) is 25.0 Å². The van der Waals surface area contributed by atoms with Crippen molar-refractivity contribution in [2.75, 3.05) is 0 Å². The van der Waals surface area contributed by atoms with Crippen LogP contribution in [0.4, 0.5) is 0 Å². The van der Waals surface area contributed by atoms with Crippen molar-refractivity contribution < 1.29 is 4.42 Å². The maximum absolute atomic E-state index is 6.57. The van der Waals surface area contributed by atoms with E-state index in [0.29, 0.717) is 0 Å². The summed E-state index contributed by atoms with van der Waals surface area (Å²) in [6.07, 6.45) is 0. The molecule has 152 valence electrons. The van der Waals surface area contributed by atoms with Gasteiger partial charge in [0.2, 0.25) is 0 Å². The minimum Gasteiger partial charge on any atom is -0.455 e. The molecule has 6 aromatic rings. The van der Waals surface area contributed by atoms with Crippen LogP contribution in [0.2, 0.25) is 0 Å². The summed E-state index contributed by atoms with van der Waals surface area (Å²) in [5.41, 5.74) is 9.64. The number of furan rings is 1. The highest BCUT2D eigenvalue weighted by Crippen LogP contribution is 2.51. The van der Waals surface area contributed by atoms with Crippen LogP contribution in [0.5, 0.6) is 0 Å². The molecule has 1 aliphatic carbocycles. The maximum atomic E-state index is 6.57. The Labute approximate surface area is 186 Å². The number of rotatable bonds is 1. The molecule has 0 N–H and O–H groups in total. The second kappa shape index (κ2) is 6.11. The van der Waals surface area contributed by atoms with Gasteiger partial charge in [-0.25, -0.2) is 0 Å². The summed E-state index contributed by atoms with van der Waals surface area (Å²) in [7, 11) is 0. The molecule has 0 aliphatic heterocycles. The van der Waals surface area contributed by atoms with Crippen molar-refractivity contribution in [1.29, 1.82) is 0 Å². The number of para-hydroxylation sites is 1. The van der Waals surface area contributed by atoms with Crippen LogP contribution in [-0.4, -0.2) is 0 Å². The van der Waals surface area contributed by atoms with Crippen LogP contribution >= 0.6 is 0 Å². The third-order valence-corrected chi connectivity index (χ3v) is 7.26. The maximum Gasteiger partial charge on any atom is 0.143 e. The van der Waals surface area contributed by atoms with E-state index in [1.54, 1.807) is 0 Å². The van der Waals surface area contributed by atoms with Gasteiger partial charge in [0, 0.05) is 21.8 Å². The number of hydrogen-bond donors (Lipinski definition) is 0. The van der Waals surface area contributed by atoms with Gasteiger partial charge in [-0.15, -0.1) is 0 Å². The molecule has 1 aliphatic rings. The number of hydrogen-bond acceptors (Lipinski definition) is 1. The minimum absolute atomic E-state index is 0.0275. The summed E-state index contributed by atoms with van der Waals surface area (Å²) in [6, 6.07) is 35.0. The first-order valence-electron chi connectivity index (χ1n) is 11.2. The lowest BCUT2D eigenvalue weighted by Gasteiger charge is -2.21. The Balaban J connectivity index is 1.51. The van der Waals surface area contributed by atoms with Crippen molar-refractivity contribution in [2.45, 2.75) is 19.3 Å². The lowest BCUT2D eigenvalue weighted by Crippen LogP contribution is -2.14. The highest BCUT2D eigenvalue weighted by molar-refractivity contribution is 6.11. The molecule has 7 rings (SSSR count). The van der Waals surface area contributed by atoms with Crippen LogP contribution in [0.15, 0.2) is 101 Å². The molecule has 0 atom stereocenters. The second-order valence-corrected chi connectivity index (χ2v) is 9.41. The van der Waals surface area contributed by atoms with Gasteiger partial charge in [-0.1, -0.05) is 92.7 Å². The molecule has 5 aromatic carbocycles. The average Bonchev–Trinajstić information content (AvgIpc) is 3.30. The van der Waals surface area contributed by atoms with Crippen molar-refractivity contribution in [3.8, 4) is 22.3 Å². The Kier molecular flexibility index (Phi) is 3.40. The average molecular weight is 411 g/mol. The van der Waals surface area contributed by atoms with Gasteiger partial charge in [0.15, 0.2) is 0 Å².